The zero-order valence-electron chi connectivity index (χ0n) is 14.4. The van der Waals surface area contributed by atoms with Crippen molar-refractivity contribution in [3.63, 3.8) is 0 Å². The smallest absolute Gasteiger partial charge is 0.178 e. The highest BCUT2D eigenvalue weighted by Crippen LogP contribution is 2.20. The van der Waals surface area contributed by atoms with E-state index in [2.05, 4.69) is 73.2 Å². The molecule has 0 spiro atoms. The van der Waals surface area contributed by atoms with Gasteiger partial charge in [0.25, 0.3) is 0 Å². The molecule has 3 heterocycles. The van der Waals surface area contributed by atoms with Gasteiger partial charge in [-0.1, -0.05) is 46.8 Å². The molecule has 2 aromatic carbocycles. The molecule has 3 N–H and O–H groups in total. The summed E-state index contributed by atoms with van der Waals surface area (Å²) in [6.45, 7) is 0.490. The second-order valence-electron chi connectivity index (χ2n) is 6.45. The number of nitrogens with zero attached hydrogens (tertiary/aromatic N) is 6. The van der Waals surface area contributed by atoms with E-state index < -0.39 is 0 Å². The molecule has 0 atom stereocenters. The molecule has 0 saturated carbocycles. The molecule has 0 aliphatic rings. The van der Waals surface area contributed by atoms with Gasteiger partial charge in [-0.2, -0.15) is 0 Å². The maximum atomic E-state index is 5.89. The van der Waals surface area contributed by atoms with E-state index >= 15 is 0 Å². The van der Waals surface area contributed by atoms with E-state index in [1.54, 1.807) is 6.07 Å². The van der Waals surface area contributed by atoms with Crippen LogP contribution in [0.15, 0.2) is 54.6 Å². The van der Waals surface area contributed by atoms with Crippen LogP contribution in [0.5, 0.6) is 0 Å². The molecule has 27 heavy (non-hydrogen) atoms. The molecule has 8 heteroatoms. The van der Waals surface area contributed by atoms with Crippen molar-refractivity contribution in [2.75, 3.05) is 5.73 Å². The number of nitrogens with one attached hydrogen (secondary N) is 1. The molecule has 0 fully saturated rings. The van der Waals surface area contributed by atoms with Crippen molar-refractivity contribution in [3.8, 4) is 0 Å². The van der Waals surface area contributed by atoms with E-state index in [1.165, 1.54) is 11.1 Å². The van der Waals surface area contributed by atoms with Crippen LogP contribution in [-0.2, 0) is 13.0 Å². The van der Waals surface area contributed by atoms with Gasteiger partial charge in [0.05, 0.1) is 12.1 Å². The van der Waals surface area contributed by atoms with E-state index in [0.717, 1.165) is 23.0 Å². The van der Waals surface area contributed by atoms with Gasteiger partial charge in [-0.25, -0.2) is 14.8 Å². The van der Waals surface area contributed by atoms with Crippen LogP contribution < -0.4 is 5.73 Å². The summed E-state index contributed by atoms with van der Waals surface area (Å²) >= 11 is 0. The topological polar surface area (TPSA) is 111 Å². The summed E-state index contributed by atoms with van der Waals surface area (Å²) in [4.78, 5) is 4.19. The minimum atomic E-state index is 0.415. The number of H-pyrrole nitrogens is 1. The summed E-state index contributed by atoms with van der Waals surface area (Å²) in [5.41, 5.74) is 12.3. The number of hydrogen-bond donors (Lipinski definition) is 2. The molecule has 3 aromatic heterocycles. The summed E-state index contributed by atoms with van der Waals surface area (Å²) in [6, 6.07) is 18.4. The van der Waals surface area contributed by atoms with Crippen LogP contribution in [0.25, 0.3) is 22.2 Å². The van der Waals surface area contributed by atoms with E-state index in [9.17, 15) is 0 Å². The number of fused-ring (bicyclic) bond motifs is 2. The Morgan fingerprint density at radius 2 is 1.85 bits per heavy atom. The van der Waals surface area contributed by atoms with Gasteiger partial charge < -0.3 is 5.73 Å². The second-order valence-corrected chi connectivity index (χ2v) is 6.45. The molecule has 0 unspecified atom stereocenters. The lowest BCUT2D eigenvalue weighted by molar-refractivity contribution is 0.671. The van der Waals surface area contributed by atoms with Crippen molar-refractivity contribution >= 4 is 28.0 Å². The molecule has 0 saturated heterocycles. The van der Waals surface area contributed by atoms with Gasteiger partial charge in [0.2, 0.25) is 0 Å². The van der Waals surface area contributed by atoms with E-state index in [1.807, 2.05) is 10.7 Å². The number of aromatic amines is 1. The third-order valence-electron chi connectivity index (χ3n) is 4.55. The third kappa shape index (κ3) is 2.86. The van der Waals surface area contributed by atoms with Gasteiger partial charge in [-0.3, -0.25) is 0 Å². The van der Waals surface area contributed by atoms with Crippen molar-refractivity contribution in [3.05, 3.63) is 71.3 Å². The number of pyridine rings is 1. The van der Waals surface area contributed by atoms with Crippen molar-refractivity contribution < 1.29 is 0 Å². The average Bonchev–Trinajstić information content (AvgIpc) is 3.29. The fourth-order valence-corrected chi connectivity index (χ4v) is 3.28. The monoisotopic (exact) mass is 356 g/mol. The van der Waals surface area contributed by atoms with Crippen LogP contribution in [0.3, 0.4) is 0 Å². The number of hydrogen-bond acceptors (Lipinski definition) is 6. The Morgan fingerprint density at radius 1 is 0.963 bits per heavy atom. The molecule has 0 bridgehead atoms. The van der Waals surface area contributed by atoms with Crippen LogP contribution in [-0.4, -0.2) is 35.4 Å². The fraction of sp³-hybridized carbons (Fsp3) is 0.105. The minimum Gasteiger partial charge on any atom is -0.384 e. The SMILES string of the molecule is Nc1cc(Cn2nnc3cc(Cc4ccccc4)ccc32)c2nn[nH]c2n1. The van der Waals surface area contributed by atoms with Crippen LogP contribution in [0, 0.1) is 0 Å². The van der Waals surface area contributed by atoms with Gasteiger partial charge in [0, 0.05) is 5.56 Å². The predicted molar refractivity (Wildman–Crippen MR) is 102 cm³/mol. The first kappa shape index (κ1) is 15.4. The van der Waals surface area contributed by atoms with Gasteiger partial charge in [0.15, 0.2) is 5.65 Å². The minimum absolute atomic E-state index is 0.415. The summed E-state index contributed by atoms with van der Waals surface area (Å²) in [7, 11) is 0. The number of nitrogen functional groups attached to an aromatic ring is 1. The Balaban J connectivity index is 1.48. The Bertz CT molecular complexity index is 1240. The summed E-state index contributed by atoms with van der Waals surface area (Å²) in [5, 5.41) is 19.3. The van der Waals surface area contributed by atoms with E-state index in [-0.39, 0.29) is 0 Å². The zero-order valence-corrected chi connectivity index (χ0v) is 14.4. The Labute approximate surface area is 154 Å². The number of anilines is 1. The maximum Gasteiger partial charge on any atom is 0.178 e. The molecule has 5 aromatic rings. The molecule has 0 radical (unpaired) electrons. The summed E-state index contributed by atoms with van der Waals surface area (Å²) in [5.74, 6) is 0.415. The Morgan fingerprint density at radius 3 is 2.74 bits per heavy atom. The molecule has 132 valence electrons. The fourth-order valence-electron chi connectivity index (χ4n) is 3.28. The lowest BCUT2D eigenvalue weighted by Gasteiger charge is -2.05. The standard InChI is InChI=1S/C19H16N8/c20-17-10-14(18-19(21-17)24-25-23-18)11-27-16-7-6-13(9-15(16)22-26-27)8-12-4-2-1-3-5-12/h1-7,9-10H,8,11H2,(H3,20,21,23,24,25). The van der Waals surface area contributed by atoms with Crippen molar-refractivity contribution in [1.29, 1.82) is 0 Å². The molecule has 8 nitrogen and oxygen atoms in total. The van der Waals surface area contributed by atoms with E-state index in [0.29, 0.717) is 23.5 Å². The lowest BCUT2D eigenvalue weighted by Crippen LogP contribution is -2.04. The highest BCUT2D eigenvalue weighted by molar-refractivity contribution is 5.77. The average molecular weight is 356 g/mol. The normalized spacial score (nSPS) is 11.4. The van der Waals surface area contributed by atoms with Crippen molar-refractivity contribution in [1.82, 2.24) is 35.4 Å². The molecular formula is C19H16N8. The molecule has 0 amide bonds. The third-order valence-corrected chi connectivity index (χ3v) is 4.55. The number of benzene rings is 2. The van der Waals surface area contributed by atoms with Gasteiger partial charge in [-0.05, 0) is 35.7 Å². The molecule has 0 aliphatic heterocycles. The van der Waals surface area contributed by atoms with Crippen LogP contribution in [0.1, 0.15) is 16.7 Å². The van der Waals surface area contributed by atoms with Crippen LogP contribution in [0.4, 0.5) is 5.82 Å². The van der Waals surface area contributed by atoms with Gasteiger partial charge in [-0.15, -0.1) is 10.2 Å². The van der Waals surface area contributed by atoms with Gasteiger partial charge in [0.1, 0.15) is 16.9 Å². The number of rotatable bonds is 4. The van der Waals surface area contributed by atoms with Crippen LogP contribution in [0.2, 0.25) is 0 Å². The first-order valence-electron chi connectivity index (χ1n) is 8.58. The van der Waals surface area contributed by atoms with E-state index in [4.69, 9.17) is 5.73 Å². The Hall–Kier alpha value is -3.81. The molecule has 0 aliphatic carbocycles. The quantitative estimate of drug-likeness (QED) is 0.511. The van der Waals surface area contributed by atoms with Gasteiger partial charge >= 0.3 is 0 Å². The predicted octanol–water partition coefficient (Wildman–Crippen LogP) is 2.32. The number of aromatic nitrogens is 7. The first-order valence-corrected chi connectivity index (χ1v) is 8.58. The van der Waals surface area contributed by atoms with Crippen molar-refractivity contribution in [2.45, 2.75) is 13.0 Å². The zero-order chi connectivity index (χ0) is 18.2. The molecule has 5 rings (SSSR count). The largest absolute Gasteiger partial charge is 0.384 e. The lowest BCUT2D eigenvalue weighted by atomic mass is 10.0. The highest BCUT2D eigenvalue weighted by Gasteiger charge is 2.12. The maximum absolute atomic E-state index is 5.89. The number of nitrogens with two attached hydrogens (primary N) is 1. The summed E-state index contributed by atoms with van der Waals surface area (Å²) < 4.78 is 1.84. The first-order chi connectivity index (χ1) is 13.3. The van der Waals surface area contributed by atoms with Crippen molar-refractivity contribution in [2.24, 2.45) is 0 Å². The molecular weight excluding hydrogens is 340 g/mol. The Kier molecular flexibility index (Phi) is 3.53. The van der Waals surface area contributed by atoms with Crippen LogP contribution >= 0.6 is 0 Å². The second kappa shape index (κ2) is 6.17. The highest BCUT2D eigenvalue weighted by atomic mass is 15.4. The summed E-state index contributed by atoms with van der Waals surface area (Å²) in [6.07, 6.45) is 0.865.